The van der Waals surface area contributed by atoms with Crippen LogP contribution in [0.2, 0.25) is 0 Å². The second kappa shape index (κ2) is 4.24. The van der Waals surface area contributed by atoms with Gasteiger partial charge in [-0.3, -0.25) is 4.79 Å². The van der Waals surface area contributed by atoms with Crippen LogP contribution in [0.5, 0.6) is 0 Å². The molecule has 0 spiro atoms. The summed E-state index contributed by atoms with van der Waals surface area (Å²) >= 11 is 1.38. The maximum Gasteiger partial charge on any atom is 0.325 e. The van der Waals surface area contributed by atoms with E-state index < -0.39 is 4.75 Å². The Bertz CT molecular complexity index is 352. The Hall–Kier alpha value is -1.00. The molecule has 2 rings (SSSR count). The van der Waals surface area contributed by atoms with Crippen LogP contribution in [0.1, 0.15) is 6.42 Å². The Morgan fingerprint density at radius 1 is 1.40 bits per heavy atom. The fourth-order valence-corrected chi connectivity index (χ4v) is 2.66. The van der Waals surface area contributed by atoms with E-state index in [0.29, 0.717) is 13.0 Å². The predicted molar refractivity (Wildman–Crippen MR) is 57.7 cm³/mol. The van der Waals surface area contributed by atoms with Crippen molar-refractivity contribution in [3.8, 4) is 0 Å². The number of cyclic esters (lactones) is 1. The lowest BCUT2D eigenvalue weighted by atomic mass is 10.1. The molecule has 1 N–H and O–H groups in total. The van der Waals surface area contributed by atoms with Gasteiger partial charge in [-0.05, 0) is 12.1 Å². The second-order valence-corrected chi connectivity index (χ2v) is 4.91. The molecule has 1 saturated heterocycles. The van der Waals surface area contributed by atoms with E-state index in [1.807, 2.05) is 30.3 Å². The summed E-state index contributed by atoms with van der Waals surface area (Å²) < 4.78 is 4.12. The summed E-state index contributed by atoms with van der Waals surface area (Å²) in [5.74, 6) is -0.307. The van der Waals surface area contributed by atoms with Crippen molar-refractivity contribution in [2.45, 2.75) is 16.1 Å². The molecule has 1 fully saturated rings. The summed E-state index contributed by atoms with van der Waals surface area (Å²) in [6.45, 7) is 0.227. The Balaban J connectivity index is 2.19. The van der Waals surface area contributed by atoms with E-state index in [-0.39, 0.29) is 12.6 Å². The third-order valence-corrected chi connectivity index (χ3v) is 3.82. The minimum absolute atomic E-state index is 0.175. The van der Waals surface area contributed by atoms with Crippen molar-refractivity contribution in [2.75, 3.05) is 13.2 Å². The van der Waals surface area contributed by atoms with Crippen molar-refractivity contribution in [1.82, 2.24) is 0 Å². The highest BCUT2D eigenvalue weighted by atomic mass is 32.2. The maximum atomic E-state index is 11.5. The number of aliphatic hydroxyl groups is 1. The van der Waals surface area contributed by atoms with E-state index in [4.69, 9.17) is 4.74 Å². The first-order chi connectivity index (χ1) is 7.27. The van der Waals surface area contributed by atoms with Crippen molar-refractivity contribution in [3.63, 3.8) is 0 Å². The van der Waals surface area contributed by atoms with Gasteiger partial charge in [0.2, 0.25) is 0 Å². The quantitative estimate of drug-likeness (QED) is 0.789. The van der Waals surface area contributed by atoms with Gasteiger partial charge in [-0.1, -0.05) is 18.2 Å². The first-order valence-electron chi connectivity index (χ1n) is 4.79. The zero-order chi connectivity index (χ0) is 10.7. The Morgan fingerprint density at radius 3 is 2.67 bits per heavy atom. The molecule has 80 valence electrons. The fraction of sp³-hybridized carbons (Fsp3) is 0.364. The lowest BCUT2D eigenvalue weighted by Gasteiger charge is -2.20. The van der Waals surface area contributed by atoms with E-state index >= 15 is 0 Å². The summed E-state index contributed by atoms with van der Waals surface area (Å²) in [4.78, 5) is 12.5. The minimum Gasteiger partial charge on any atom is -0.465 e. The number of carbonyl (C=O) groups is 1. The van der Waals surface area contributed by atoms with Crippen molar-refractivity contribution < 1.29 is 14.6 Å². The van der Waals surface area contributed by atoms with Gasteiger partial charge in [0.1, 0.15) is 4.75 Å². The first kappa shape index (κ1) is 10.5. The highest BCUT2D eigenvalue weighted by Crippen LogP contribution is 2.39. The third kappa shape index (κ3) is 2.01. The number of hydrogen-bond donors (Lipinski definition) is 1. The van der Waals surface area contributed by atoms with Gasteiger partial charge in [-0.15, -0.1) is 11.8 Å². The molecule has 0 aliphatic carbocycles. The Labute approximate surface area is 92.4 Å². The van der Waals surface area contributed by atoms with Crippen molar-refractivity contribution in [1.29, 1.82) is 0 Å². The van der Waals surface area contributed by atoms with E-state index in [0.717, 1.165) is 4.90 Å². The molecule has 0 saturated carbocycles. The number of carbonyl (C=O) groups excluding carboxylic acids is 1. The molecule has 0 radical (unpaired) electrons. The van der Waals surface area contributed by atoms with Crippen LogP contribution in [0, 0.1) is 0 Å². The van der Waals surface area contributed by atoms with Gasteiger partial charge in [0.15, 0.2) is 0 Å². The topological polar surface area (TPSA) is 46.5 Å². The highest BCUT2D eigenvalue weighted by molar-refractivity contribution is 8.01. The smallest absolute Gasteiger partial charge is 0.325 e. The van der Waals surface area contributed by atoms with Crippen LogP contribution < -0.4 is 0 Å². The largest absolute Gasteiger partial charge is 0.465 e. The van der Waals surface area contributed by atoms with Crippen molar-refractivity contribution in [2.24, 2.45) is 0 Å². The Morgan fingerprint density at radius 2 is 2.13 bits per heavy atom. The number of rotatable bonds is 3. The van der Waals surface area contributed by atoms with Gasteiger partial charge in [-0.25, -0.2) is 0 Å². The number of hydrogen-bond acceptors (Lipinski definition) is 4. The number of esters is 1. The lowest BCUT2D eigenvalue weighted by Crippen LogP contribution is -2.34. The summed E-state index contributed by atoms with van der Waals surface area (Å²) in [5.41, 5.74) is 0. The molecular weight excluding hydrogens is 212 g/mol. The minimum atomic E-state index is -0.790. The zero-order valence-corrected chi connectivity index (χ0v) is 9.00. The molecule has 0 bridgehead atoms. The molecule has 1 aliphatic rings. The number of aliphatic hydroxyl groups excluding tert-OH is 1. The summed E-state index contributed by atoms with van der Waals surface area (Å²) in [6, 6.07) is 9.59. The molecular formula is C11H12O3S. The molecule has 1 heterocycles. The second-order valence-electron chi connectivity index (χ2n) is 3.45. The predicted octanol–water partition coefficient (Wildman–Crippen LogP) is 1.46. The van der Waals surface area contributed by atoms with Crippen LogP contribution in [0.3, 0.4) is 0 Å². The van der Waals surface area contributed by atoms with Gasteiger partial charge >= 0.3 is 5.97 Å². The average molecular weight is 224 g/mol. The fourth-order valence-electron chi connectivity index (χ4n) is 1.52. The Kier molecular flexibility index (Phi) is 2.98. The molecule has 1 aliphatic heterocycles. The van der Waals surface area contributed by atoms with Gasteiger partial charge in [0.05, 0.1) is 13.2 Å². The van der Waals surface area contributed by atoms with Crippen molar-refractivity contribution in [3.05, 3.63) is 30.3 Å². The molecule has 1 unspecified atom stereocenters. The average Bonchev–Trinajstić information content (AvgIpc) is 2.62. The molecule has 1 atom stereocenters. The van der Waals surface area contributed by atoms with E-state index in [1.165, 1.54) is 11.8 Å². The standard InChI is InChI=1S/C11H12O3S/c12-8-11(6-7-14-10(11)13)15-9-4-2-1-3-5-9/h1-5,12H,6-8H2. The van der Waals surface area contributed by atoms with Gasteiger partial charge < -0.3 is 9.84 Å². The zero-order valence-electron chi connectivity index (χ0n) is 8.18. The van der Waals surface area contributed by atoms with Crippen LogP contribution in [0.15, 0.2) is 35.2 Å². The maximum absolute atomic E-state index is 11.5. The van der Waals surface area contributed by atoms with E-state index in [2.05, 4.69) is 0 Å². The number of benzene rings is 1. The van der Waals surface area contributed by atoms with Crippen LogP contribution in [0.4, 0.5) is 0 Å². The monoisotopic (exact) mass is 224 g/mol. The van der Waals surface area contributed by atoms with Gasteiger partial charge in [0.25, 0.3) is 0 Å². The first-order valence-corrected chi connectivity index (χ1v) is 5.61. The summed E-state index contributed by atoms with van der Waals surface area (Å²) in [6.07, 6.45) is 0.571. The van der Waals surface area contributed by atoms with E-state index in [1.54, 1.807) is 0 Å². The summed E-state index contributed by atoms with van der Waals surface area (Å²) in [7, 11) is 0. The van der Waals surface area contributed by atoms with Crippen LogP contribution in [0.25, 0.3) is 0 Å². The van der Waals surface area contributed by atoms with Gasteiger partial charge in [-0.2, -0.15) is 0 Å². The molecule has 0 amide bonds. The number of ether oxygens (including phenoxy) is 1. The number of thioether (sulfide) groups is 1. The highest BCUT2D eigenvalue weighted by Gasteiger charge is 2.45. The molecule has 3 nitrogen and oxygen atoms in total. The van der Waals surface area contributed by atoms with E-state index in [9.17, 15) is 9.90 Å². The molecule has 1 aromatic carbocycles. The van der Waals surface area contributed by atoms with Crippen LogP contribution >= 0.6 is 11.8 Å². The normalized spacial score (nSPS) is 25.3. The lowest BCUT2D eigenvalue weighted by molar-refractivity contribution is -0.140. The summed E-state index contributed by atoms with van der Waals surface area (Å²) in [5, 5.41) is 9.33. The van der Waals surface area contributed by atoms with Gasteiger partial charge in [0, 0.05) is 11.3 Å². The van der Waals surface area contributed by atoms with Crippen molar-refractivity contribution >= 4 is 17.7 Å². The SMILES string of the molecule is O=C1OCCC1(CO)Sc1ccccc1. The molecule has 1 aromatic rings. The van der Waals surface area contributed by atoms with Crippen LogP contribution in [-0.2, 0) is 9.53 Å². The third-order valence-electron chi connectivity index (χ3n) is 2.42. The van der Waals surface area contributed by atoms with Crippen LogP contribution in [-0.4, -0.2) is 29.0 Å². The molecule has 15 heavy (non-hydrogen) atoms. The molecule has 0 aromatic heterocycles. The molecule has 4 heteroatoms.